The third-order valence-electron chi connectivity index (χ3n) is 3.81. The fourth-order valence-corrected chi connectivity index (χ4v) is 3.98. The van der Waals surface area contributed by atoms with Crippen LogP contribution in [0.15, 0.2) is 29.2 Å². The van der Waals surface area contributed by atoms with Gasteiger partial charge in [-0.25, -0.2) is 8.42 Å². The number of carboxylic acid groups (broad SMARTS) is 1. The quantitative estimate of drug-likeness (QED) is 0.655. The number of alkyl halides is 3. The van der Waals surface area contributed by atoms with Gasteiger partial charge < -0.3 is 19.5 Å². The van der Waals surface area contributed by atoms with E-state index in [2.05, 4.69) is 4.74 Å². The number of piperazine rings is 1. The first kappa shape index (κ1) is 19.5. The Labute approximate surface area is 142 Å². The lowest BCUT2D eigenvalue weighted by Gasteiger charge is -2.31. The number of nitrogens with zero attached hydrogens (tertiary/aromatic N) is 1. The van der Waals surface area contributed by atoms with Crippen LogP contribution in [0.1, 0.15) is 6.42 Å². The Morgan fingerprint density at radius 3 is 2.24 bits per heavy atom. The molecule has 1 aliphatic rings. The van der Waals surface area contributed by atoms with Gasteiger partial charge in [0.1, 0.15) is 5.75 Å². The Hall–Kier alpha value is -1.85. The van der Waals surface area contributed by atoms with Crippen LogP contribution in [-0.4, -0.2) is 57.8 Å². The fourth-order valence-electron chi connectivity index (χ4n) is 2.53. The highest BCUT2D eigenvalue weighted by Crippen LogP contribution is 2.25. The van der Waals surface area contributed by atoms with E-state index in [9.17, 15) is 31.5 Å². The molecule has 0 saturated carbocycles. The zero-order valence-corrected chi connectivity index (χ0v) is 13.9. The number of quaternary nitrogens is 1. The van der Waals surface area contributed by atoms with E-state index >= 15 is 0 Å². The van der Waals surface area contributed by atoms with Gasteiger partial charge in [0.25, 0.3) is 0 Å². The molecule has 1 heterocycles. The molecule has 1 N–H and O–H groups in total. The van der Waals surface area contributed by atoms with Crippen LogP contribution in [0.25, 0.3) is 0 Å². The summed E-state index contributed by atoms with van der Waals surface area (Å²) < 4.78 is 66.3. The molecular weight excluding hydrogens is 365 g/mol. The van der Waals surface area contributed by atoms with Gasteiger partial charge in [0, 0.05) is 12.4 Å². The number of hydrogen-bond donors (Lipinski definition) is 1. The zero-order chi connectivity index (χ0) is 18.7. The second-order valence-electron chi connectivity index (χ2n) is 5.55. The number of carboxylic acids is 1. The molecule has 11 heteroatoms. The van der Waals surface area contributed by atoms with E-state index in [-0.39, 0.29) is 24.4 Å². The Morgan fingerprint density at radius 2 is 1.76 bits per heavy atom. The first-order valence-corrected chi connectivity index (χ1v) is 8.91. The third-order valence-corrected chi connectivity index (χ3v) is 5.72. The monoisotopic (exact) mass is 382 g/mol. The van der Waals surface area contributed by atoms with E-state index in [1.54, 1.807) is 0 Å². The summed E-state index contributed by atoms with van der Waals surface area (Å²) in [6, 6.07) is 4.01. The van der Waals surface area contributed by atoms with Gasteiger partial charge in [0.15, 0.2) is 0 Å². The van der Waals surface area contributed by atoms with Crippen molar-refractivity contribution in [2.45, 2.75) is 17.7 Å². The topological polar surface area (TPSA) is 91.2 Å². The number of nitrogens with one attached hydrogen (secondary N) is 1. The molecule has 1 saturated heterocycles. The van der Waals surface area contributed by atoms with Crippen LogP contribution in [0, 0.1) is 0 Å². The molecule has 1 fully saturated rings. The van der Waals surface area contributed by atoms with Crippen LogP contribution in [0.4, 0.5) is 13.2 Å². The van der Waals surface area contributed by atoms with Crippen molar-refractivity contribution in [3.05, 3.63) is 24.3 Å². The highest BCUT2D eigenvalue weighted by Gasteiger charge is 2.32. The molecule has 1 aliphatic heterocycles. The zero-order valence-electron chi connectivity index (χ0n) is 13.1. The number of carbonyl (C=O) groups excluding carboxylic acids is 1. The average Bonchev–Trinajstić information content (AvgIpc) is 2.52. The van der Waals surface area contributed by atoms with E-state index in [0.717, 1.165) is 29.2 Å². The number of sulfonamides is 1. The van der Waals surface area contributed by atoms with E-state index in [1.165, 1.54) is 4.31 Å². The van der Waals surface area contributed by atoms with Crippen molar-refractivity contribution in [2.75, 3.05) is 32.7 Å². The van der Waals surface area contributed by atoms with Crippen molar-refractivity contribution in [1.82, 2.24) is 4.31 Å². The Kier molecular flexibility index (Phi) is 5.91. The summed E-state index contributed by atoms with van der Waals surface area (Å²) in [6.45, 7) is 1.65. The van der Waals surface area contributed by atoms with Gasteiger partial charge in [-0.05, 0) is 24.3 Å². The van der Waals surface area contributed by atoms with Gasteiger partial charge >= 0.3 is 6.36 Å². The minimum absolute atomic E-state index is 0.0945. The predicted octanol–water partition coefficient (Wildman–Crippen LogP) is -1.39. The smallest absolute Gasteiger partial charge is 0.550 e. The number of rotatable bonds is 6. The Balaban J connectivity index is 1.99. The summed E-state index contributed by atoms with van der Waals surface area (Å²) in [5.41, 5.74) is 0. The number of benzene rings is 1. The highest BCUT2D eigenvalue weighted by molar-refractivity contribution is 7.89. The maximum atomic E-state index is 12.5. The first-order valence-electron chi connectivity index (χ1n) is 7.47. The van der Waals surface area contributed by atoms with Gasteiger partial charge in [0.2, 0.25) is 10.0 Å². The van der Waals surface area contributed by atoms with E-state index in [4.69, 9.17) is 0 Å². The lowest BCUT2D eigenvalue weighted by atomic mass is 10.3. The fraction of sp³-hybridized carbons (Fsp3) is 0.500. The lowest BCUT2D eigenvalue weighted by Crippen LogP contribution is -3.15. The summed E-state index contributed by atoms with van der Waals surface area (Å²) in [4.78, 5) is 11.3. The maximum absolute atomic E-state index is 12.5. The molecule has 25 heavy (non-hydrogen) atoms. The Morgan fingerprint density at radius 1 is 1.20 bits per heavy atom. The van der Waals surface area contributed by atoms with Crippen molar-refractivity contribution >= 4 is 16.0 Å². The second-order valence-corrected chi connectivity index (χ2v) is 7.48. The summed E-state index contributed by atoms with van der Waals surface area (Å²) in [5, 5.41) is 10.5. The van der Waals surface area contributed by atoms with E-state index in [0.29, 0.717) is 19.6 Å². The molecule has 0 bridgehead atoms. The molecule has 140 valence electrons. The van der Waals surface area contributed by atoms with Gasteiger partial charge in [-0.3, -0.25) is 0 Å². The molecule has 7 nitrogen and oxygen atoms in total. The molecular formula is C14H17F3N2O5S. The summed E-state index contributed by atoms with van der Waals surface area (Å²) >= 11 is 0. The number of ether oxygens (including phenoxy) is 1. The van der Waals surface area contributed by atoms with Crippen molar-refractivity contribution in [3.8, 4) is 5.75 Å². The van der Waals surface area contributed by atoms with E-state index < -0.39 is 28.1 Å². The van der Waals surface area contributed by atoms with Gasteiger partial charge in [-0.2, -0.15) is 4.31 Å². The molecule has 1 aromatic carbocycles. The van der Waals surface area contributed by atoms with Gasteiger partial charge in [-0.1, -0.05) is 0 Å². The normalized spacial score (nSPS) is 17.4. The molecule has 0 unspecified atom stereocenters. The van der Waals surface area contributed by atoms with Crippen LogP contribution < -0.4 is 14.7 Å². The summed E-state index contributed by atoms with van der Waals surface area (Å²) in [5.74, 6) is -1.65. The van der Waals surface area contributed by atoms with Gasteiger partial charge in [0.05, 0.1) is 37.6 Å². The maximum Gasteiger partial charge on any atom is 0.573 e. The van der Waals surface area contributed by atoms with E-state index in [1.807, 2.05) is 0 Å². The summed E-state index contributed by atoms with van der Waals surface area (Å²) in [7, 11) is -3.82. The molecule has 0 radical (unpaired) electrons. The molecule has 0 spiro atoms. The Bertz CT molecular complexity index is 698. The van der Waals surface area contributed by atoms with Crippen molar-refractivity contribution in [2.24, 2.45) is 0 Å². The number of carbonyl (C=O) groups is 1. The number of hydrogen-bond acceptors (Lipinski definition) is 5. The van der Waals surface area contributed by atoms with Crippen LogP contribution in [0.5, 0.6) is 5.75 Å². The average molecular weight is 382 g/mol. The third kappa shape index (κ3) is 5.58. The predicted molar refractivity (Wildman–Crippen MR) is 77.1 cm³/mol. The highest BCUT2D eigenvalue weighted by atomic mass is 32.2. The van der Waals surface area contributed by atoms with Crippen LogP contribution in [0.3, 0.4) is 0 Å². The molecule has 0 amide bonds. The van der Waals surface area contributed by atoms with Gasteiger partial charge in [-0.15, -0.1) is 13.2 Å². The van der Waals surface area contributed by atoms with Crippen LogP contribution in [0.2, 0.25) is 0 Å². The van der Waals surface area contributed by atoms with Crippen molar-refractivity contribution < 1.29 is 41.1 Å². The SMILES string of the molecule is O=C([O-])CC[NH+]1CCN(S(=O)(=O)c2ccc(OC(F)(F)F)cc2)CC1. The standard InChI is InChI=1S/C14H17F3N2O5S/c15-14(16,17)24-11-1-3-12(4-2-11)25(22,23)19-9-7-18(8-10-19)6-5-13(20)21/h1-4H,5-10H2,(H,20,21). The van der Waals surface area contributed by atoms with Crippen molar-refractivity contribution in [3.63, 3.8) is 0 Å². The minimum atomic E-state index is -4.84. The lowest BCUT2D eigenvalue weighted by molar-refractivity contribution is -0.903. The largest absolute Gasteiger partial charge is 0.573 e. The molecule has 1 aromatic rings. The number of halogens is 3. The first-order chi connectivity index (χ1) is 11.6. The second kappa shape index (κ2) is 7.58. The van der Waals surface area contributed by atoms with Crippen LogP contribution in [-0.2, 0) is 14.8 Å². The molecule has 2 rings (SSSR count). The van der Waals surface area contributed by atoms with Crippen LogP contribution >= 0.6 is 0 Å². The summed E-state index contributed by atoms with van der Waals surface area (Å²) in [6.07, 6.45) is -4.94. The molecule has 0 aromatic heterocycles. The minimum Gasteiger partial charge on any atom is -0.550 e. The molecule has 0 atom stereocenters. The van der Waals surface area contributed by atoms with Crippen molar-refractivity contribution in [1.29, 1.82) is 0 Å². The molecule has 0 aliphatic carbocycles. The number of aliphatic carboxylic acids is 1.